The minimum atomic E-state index is 0.609. The number of nitrogens with zero attached hydrogens (tertiary/aromatic N) is 3. The SMILES string of the molecule is CCCCCCCCN(C/C(C)=N/O)C/C(C)=N/O. The second-order valence-corrected chi connectivity index (χ2v) is 5.15. The fourth-order valence-corrected chi connectivity index (χ4v) is 2.04. The number of rotatable bonds is 11. The standard InChI is InChI=1S/C14H29N3O2/c1-4-5-6-7-8-9-10-17(11-13(2)15-18)12-14(3)16-19/h18-19H,4-12H2,1-3H3/b15-13+,16-14+. The summed E-state index contributed by atoms with van der Waals surface area (Å²) in [5.41, 5.74) is 1.36. The van der Waals surface area contributed by atoms with E-state index < -0.39 is 0 Å². The molecule has 0 bridgehead atoms. The van der Waals surface area contributed by atoms with Crippen LogP contribution < -0.4 is 0 Å². The van der Waals surface area contributed by atoms with Crippen molar-refractivity contribution in [2.45, 2.75) is 59.3 Å². The van der Waals surface area contributed by atoms with E-state index in [0.29, 0.717) is 24.5 Å². The molecule has 0 amide bonds. The third-order valence-electron chi connectivity index (χ3n) is 3.07. The second-order valence-electron chi connectivity index (χ2n) is 5.15. The quantitative estimate of drug-likeness (QED) is 0.262. The van der Waals surface area contributed by atoms with Crippen LogP contribution in [0.4, 0.5) is 0 Å². The summed E-state index contributed by atoms with van der Waals surface area (Å²) in [6.45, 7) is 7.96. The van der Waals surface area contributed by atoms with E-state index in [2.05, 4.69) is 22.1 Å². The Hall–Kier alpha value is -1.10. The normalized spacial score (nSPS) is 13.3. The third kappa shape index (κ3) is 10.5. The minimum Gasteiger partial charge on any atom is -0.411 e. The summed E-state index contributed by atoms with van der Waals surface area (Å²) >= 11 is 0. The molecule has 0 fully saturated rings. The van der Waals surface area contributed by atoms with Crippen molar-refractivity contribution < 1.29 is 10.4 Å². The number of hydrogen-bond donors (Lipinski definition) is 2. The molecular formula is C14H29N3O2. The van der Waals surface area contributed by atoms with Gasteiger partial charge in [-0.05, 0) is 26.8 Å². The maximum atomic E-state index is 8.73. The van der Waals surface area contributed by atoms with Crippen LogP contribution in [0.3, 0.4) is 0 Å². The highest BCUT2D eigenvalue weighted by molar-refractivity contribution is 5.86. The van der Waals surface area contributed by atoms with Crippen molar-refractivity contribution in [1.29, 1.82) is 0 Å². The summed E-state index contributed by atoms with van der Waals surface area (Å²) in [6, 6.07) is 0. The molecule has 0 spiro atoms. The molecule has 0 aliphatic heterocycles. The lowest BCUT2D eigenvalue weighted by Crippen LogP contribution is -2.34. The summed E-state index contributed by atoms with van der Waals surface area (Å²) < 4.78 is 0. The minimum absolute atomic E-state index is 0.609. The first-order chi connectivity index (χ1) is 9.13. The fourth-order valence-electron chi connectivity index (χ4n) is 2.04. The maximum Gasteiger partial charge on any atom is 0.0680 e. The van der Waals surface area contributed by atoms with Crippen LogP contribution >= 0.6 is 0 Å². The fraction of sp³-hybridized carbons (Fsp3) is 0.857. The summed E-state index contributed by atoms with van der Waals surface area (Å²) in [5, 5.41) is 23.9. The summed E-state index contributed by atoms with van der Waals surface area (Å²) in [6.07, 6.45) is 7.52. The molecule has 0 saturated carbocycles. The van der Waals surface area contributed by atoms with Gasteiger partial charge >= 0.3 is 0 Å². The van der Waals surface area contributed by atoms with Gasteiger partial charge in [0.25, 0.3) is 0 Å². The highest BCUT2D eigenvalue weighted by Gasteiger charge is 2.08. The monoisotopic (exact) mass is 271 g/mol. The topological polar surface area (TPSA) is 68.4 Å². The number of oxime groups is 2. The van der Waals surface area contributed by atoms with Gasteiger partial charge in [0.2, 0.25) is 0 Å². The molecule has 0 saturated heterocycles. The molecule has 112 valence electrons. The van der Waals surface area contributed by atoms with Gasteiger partial charge in [0.1, 0.15) is 0 Å². The molecule has 0 radical (unpaired) electrons. The van der Waals surface area contributed by atoms with Crippen LogP contribution in [-0.2, 0) is 0 Å². The van der Waals surface area contributed by atoms with E-state index in [4.69, 9.17) is 10.4 Å². The van der Waals surface area contributed by atoms with Crippen molar-refractivity contribution in [3.63, 3.8) is 0 Å². The lowest BCUT2D eigenvalue weighted by Gasteiger charge is -2.21. The Morgan fingerprint density at radius 2 is 1.32 bits per heavy atom. The van der Waals surface area contributed by atoms with Gasteiger partial charge in [-0.3, -0.25) is 4.90 Å². The Bertz CT molecular complexity index is 258. The van der Waals surface area contributed by atoms with Crippen LogP contribution in [0.25, 0.3) is 0 Å². The molecule has 5 nitrogen and oxygen atoms in total. The molecule has 0 aromatic rings. The smallest absolute Gasteiger partial charge is 0.0680 e. The summed E-state index contributed by atoms with van der Waals surface area (Å²) in [7, 11) is 0. The first kappa shape index (κ1) is 17.9. The number of unbranched alkanes of at least 4 members (excludes halogenated alkanes) is 5. The molecule has 19 heavy (non-hydrogen) atoms. The van der Waals surface area contributed by atoms with E-state index in [1.54, 1.807) is 13.8 Å². The second kappa shape index (κ2) is 12.0. The van der Waals surface area contributed by atoms with Gasteiger partial charge in [-0.25, -0.2) is 0 Å². The predicted molar refractivity (Wildman–Crippen MR) is 79.6 cm³/mol. The largest absolute Gasteiger partial charge is 0.411 e. The van der Waals surface area contributed by atoms with Crippen molar-refractivity contribution in [3.8, 4) is 0 Å². The van der Waals surface area contributed by atoms with Gasteiger partial charge in [0.15, 0.2) is 0 Å². The molecule has 0 aliphatic rings. The molecular weight excluding hydrogens is 242 g/mol. The van der Waals surface area contributed by atoms with E-state index in [0.717, 1.165) is 13.0 Å². The highest BCUT2D eigenvalue weighted by atomic mass is 16.4. The molecule has 0 atom stereocenters. The third-order valence-corrected chi connectivity index (χ3v) is 3.07. The highest BCUT2D eigenvalue weighted by Crippen LogP contribution is 2.06. The molecule has 0 aliphatic carbocycles. The van der Waals surface area contributed by atoms with Crippen LogP contribution in [0.1, 0.15) is 59.3 Å². The van der Waals surface area contributed by atoms with Gasteiger partial charge < -0.3 is 10.4 Å². The number of hydrogen-bond acceptors (Lipinski definition) is 5. The van der Waals surface area contributed by atoms with Gasteiger partial charge in [0.05, 0.1) is 11.4 Å². The van der Waals surface area contributed by atoms with Crippen LogP contribution in [-0.4, -0.2) is 46.4 Å². The Morgan fingerprint density at radius 1 is 0.842 bits per heavy atom. The summed E-state index contributed by atoms with van der Waals surface area (Å²) in [5.74, 6) is 0. The van der Waals surface area contributed by atoms with E-state index in [1.807, 2.05) is 0 Å². The van der Waals surface area contributed by atoms with Gasteiger partial charge in [-0.1, -0.05) is 49.3 Å². The van der Waals surface area contributed by atoms with E-state index in [-0.39, 0.29) is 0 Å². The lowest BCUT2D eigenvalue weighted by atomic mass is 10.1. The molecule has 0 unspecified atom stereocenters. The van der Waals surface area contributed by atoms with Gasteiger partial charge in [0, 0.05) is 13.1 Å². The molecule has 0 aromatic carbocycles. The Morgan fingerprint density at radius 3 is 1.79 bits per heavy atom. The van der Waals surface area contributed by atoms with Crippen molar-refractivity contribution in [2.75, 3.05) is 19.6 Å². The van der Waals surface area contributed by atoms with E-state index in [9.17, 15) is 0 Å². The van der Waals surface area contributed by atoms with Crippen molar-refractivity contribution in [1.82, 2.24) is 4.90 Å². The van der Waals surface area contributed by atoms with E-state index >= 15 is 0 Å². The first-order valence-corrected chi connectivity index (χ1v) is 7.21. The molecule has 2 N–H and O–H groups in total. The maximum absolute atomic E-state index is 8.73. The molecule has 0 heterocycles. The van der Waals surface area contributed by atoms with Crippen molar-refractivity contribution >= 4 is 11.4 Å². The molecule has 0 aromatic heterocycles. The average Bonchev–Trinajstić information content (AvgIpc) is 2.41. The summed E-state index contributed by atoms with van der Waals surface area (Å²) in [4.78, 5) is 2.14. The molecule has 5 heteroatoms. The molecule has 0 rings (SSSR count). The van der Waals surface area contributed by atoms with E-state index in [1.165, 1.54) is 32.1 Å². The van der Waals surface area contributed by atoms with Crippen LogP contribution in [0.5, 0.6) is 0 Å². The van der Waals surface area contributed by atoms with Crippen molar-refractivity contribution in [2.24, 2.45) is 10.3 Å². The van der Waals surface area contributed by atoms with Crippen LogP contribution in [0.2, 0.25) is 0 Å². The van der Waals surface area contributed by atoms with Crippen molar-refractivity contribution in [3.05, 3.63) is 0 Å². The average molecular weight is 271 g/mol. The zero-order chi connectivity index (χ0) is 14.5. The van der Waals surface area contributed by atoms with Crippen LogP contribution in [0, 0.1) is 0 Å². The first-order valence-electron chi connectivity index (χ1n) is 7.21. The zero-order valence-corrected chi connectivity index (χ0v) is 12.6. The predicted octanol–water partition coefficient (Wildman–Crippen LogP) is 3.35. The van der Waals surface area contributed by atoms with Gasteiger partial charge in [-0.2, -0.15) is 0 Å². The zero-order valence-electron chi connectivity index (χ0n) is 12.6. The van der Waals surface area contributed by atoms with Gasteiger partial charge in [-0.15, -0.1) is 0 Å². The Balaban J connectivity index is 3.98. The Labute approximate surface area is 117 Å². The van der Waals surface area contributed by atoms with Crippen LogP contribution in [0.15, 0.2) is 10.3 Å². The lowest BCUT2D eigenvalue weighted by molar-refractivity contribution is 0.295. The Kier molecular flexibility index (Phi) is 11.3.